The predicted octanol–water partition coefficient (Wildman–Crippen LogP) is 2.62. The Labute approximate surface area is 144 Å². The summed E-state index contributed by atoms with van der Waals surface area (Å²) in [7, 11) is 1.71. The quantitative estimate of drug-likeness (QED) is 0.843. The van der Waals surface area contributed by atoms with Crippen molar-refractivity contribution >= 4 is 28.7 Å². The summed E-state index contributed by atoms with van der Waals surface area (Å²) >= 11 is 5.97. The minimum absolute atomic E-state index is 0.00400. The highest BCUT2D eigenvalue weighted by atomic mass is 35.5. The Morgan fingerprint density at radius 2 is 2.04 bits per heavy atom. The molecule has 2 aromatic heterocycles. The first kappa shape index (κ1) is 16.8. The van der Waals surface area contributed by atoms with E-state index in [1.165, 1.54) is 0 Å². The Kier molecular flexibility index (Phi) is 4.07. The zero-order chi connectivity index (χ0) is 17.6. The van der Waals surface area contributed by atoms with Crippen molar-refractivity contribution in [2.24, 2.45) is 7.05 Å². The highest BCUT2D eigenvalue weighted by Crippen LogP contribution is 2.34. The maximum absolute atomic E-state index is 12.5. The number of aryl methyl sites for hydroxylation is 1. The van der Waals surface area contributed by atoms with Crippen molar-refractivity contribution in [2.45, 2.75) is 51.3 Å². The number of rotatable bonds is 2. The summed E-state index contributed by atoms with van der Waals surface area (Å²) in [5, 5.41) is 3.19. The van der Waals surface area contributed by atoms with E-state index in [0.717, 1.165) is 11.0 Å². The molecule has 1 saturated carbocycles. The molecule has 3 rings (SSSR count). The Morgan fingerprint density at radius 1 is 1.38 bits per heavy atom. The lowest BCUT2D eigenvalue weighted by Gasteiger charge is -2.36. The van der Waals surface area contributed by atoms with Crippen molar-refractivity contribution in [2.75, 3.05) is 0 Å². The van der Waals surface area contributed by atoms with Gasteiger partial charge in [0.2, 0.25) is 0 Å². The van der Waals surface area contributed by atoms with Crippen molar-refractivity contribution in [1.82, 2.24) is 19.4 Å². The van der Waals surface area contributed by atoms with Crippen LogP contribution in [0.5, 0.6) is 0 Å². The largest absolute Gasteiger partial charge is 0.444 e. The van der Waals surface area contributed by atoms with E-state index in [0.29, 0.717) is 18.0 Å². The standard InChI is InChI=1S/C16H21ClN4O3/c1-16(2,3)24-14(22)19-9-5-10(6-9)21-11-7-13(17)18-8-12(11)20(4)15(21)23/h7-10H,5-6H2,1-4H3,(H,19,22). The molecule has 1 fully saturated rings. The van der Waals surface area contributed by atoms with Crippen LogP contribution in [0.2, 0.25) is 5.15 Å². The molecule has 7 nitrogen and oxygen atoms in total. The maximum Gasteiger partial charge on any atom is 0.407 e. The second-order valence-corrected chi connectivity index (χ2v) is 7.56. The van der Waals surface area contributed by atoms with E-state index in [4.69, 9.17) is 16.3 Å². The summed E-state index contributed by atoms with van der Waals surface area (Å²) in [6.45, 7) is 5.47. The fraction of sp³-hybridized carbons (Fsp3) is 0.562. The molecule has 1 aliphatic carbocycles. The number of hydrogen-bond donors (Lipinski definition) is 1. The molecule has 0 atom stereocenters. The average molecular weight is 353 g/mol. The first-order valence-electron chi connectivity index (χ1n) is 7.87. The molecular formula is C16H21ClN4O3. The van der Waals surface area contributed by atoms with Gasteiger partial charge >= 0.3 is 11.8 Å². The molecule has 0 aromatic carbocycles. The van der Waals surface area contributed by atoms with Crippen LogP contribution in [-0.2, 0) is 11.8 Å². The average Bonchev–Trinajstić information content (AvgIpc) is 2.64. The Morgan fingerprint density at radius 3 is 2.67 bits per heavy atom. The van der Waals surface area contributed by atoms with E-state index in [-0.39, 0.29) is 17.8 Å². The van der Waals surface area contributed by atoms with E-state index in [2.05, 4.69) is 10.3 Å². The molecule has 24 heavy (non-hydrogen) atoms. The smallest absolute Gasteiger partial charge is 0.407 e. The van der Waals surface area contributed by atoms with E-state index in [9.17, 15) is 9.59 Å². The lowest BCUT2D eigenvalue weighted by molar-refractivity contribution is 0.0456. The minimum Gasteiger partial charge on any atom is -0.444 e. The van der Waals surface area contributed by atoms with Crippen LogP contribution in [0.1, 0.15) is 39.7 Å². The number of halogens is 1. The van der Waals surface area contributed by atoms with Gasteiger partial charge < -0.3 is 10.1 Å². The van der Waals surface area contributed by atoms with Gasteiger partial charge in [-0.3, -0.25) is 9.13 Å². The topological polar surface area (TPSA) is 78.2 Å². The number of ether oxygens (including phenoxy) is 1. The molecule has 8 heteroatoms. The van der Waals surface area contributed by atoms with Gasteiger partial charge in [-0.1, -0.05) is 11.6 Å². The molecule has 1 amide bonds. The number of nitrogens with zero attached hydrogens (tertiary/aromatic N) is 3. The molecule has 0 aliphatic heterocycles. The number of fused-ring (bicyclic) bond motifs is 1. The highest BCUT2D eigenvalue weighted by molar-refractivity contribution is 6.29. The van der Waals surface area contributed by atoms with E-state index < -0.39 is 11.7 Å². The SMILES string of the molecule is Cn1c(=O)n(C2CC(NC(=O)OC(C)(C)C)C2)c2cc(Cl)ncc21. The van der Waals surface area contributed by atoms with Gasteiger partial charge in [0, 0.05) is 25.2 Å². The Hall–Kier alpha value is -2.02. The molecule has 1 N–H and O–H groups in total. The van der Waals surface area contributed by atoms with Crippen LogP contribution < -0.4 is 11.0 Å². The fourth-order valence-electron chi connectivity index (χ4n) is 2.98. The molecule has 0 unspecified atom stereocenters. The molecule has 0 bridgehead atoms. The third-order valence-corrected chi connectivity index (χ3v) is 4.35. The van der Waals surface area contributed by atoms with Crippen LogP contribution in [0.4, 0.5) is 4.79 Å². The van der Waals surface area contributed by atoms with Crippen LogP contribution in [0, 0.1) is 0 Å². The van der Waals surface area contributed by atoms with Crippen LogP contribution >= 0.6 is 11.6 Å². The summed E-state index contributed by atoms with van der Waals surface area (Å²) in [6, 6.07) is 1.73. The van der Waals surface area contributed by atoms with E-state index in [1.807, 2.05) is 20.8 Å². The number of carbonyl (C=O) groups excluding carboxylic acids is 1. The van der Waals surface area contributed by atoms with Gasteiger partial charge in [0.15, 0.2) is 0 Å². The van der Waals surface area contributed by atoms with Crippen LogP contribution in [0.25, 0.3) is 11.0 Å². The first-order valence-corrected chi connectivity index (χ1v) is 8.25. The van der Waals surface area contributed by atoms with Gasteiger partial charge in [-0.25, -0.2) is 14.6 Å². The number of imidazole rings is 1. The first-order chi connectivity index (χ1) is 11.2. The third-order valence-electron chi connectivity index (χ3n) is 4.14. The van der Waals surface area contributed by atoms with Crippen LogP contribution in [0.3, 0.4) is 0 Å². The van der Waals surface area contributed by atoms with Crippen molar-refractivity contribution in [1.29, 1.82) is 0 Å². The molecule has 2 heterocycles. The molecule has 2 aromatic rings. The fourth-order valence-corrected chi connectivity index (χ4v) is 3.13. The van der Waals surface area contributed by atoms with Gasteiger partial charge in [0.1, 0.15) is 10.8 Å². The van der Waals surface area contributed by atoms with E-state index in [1.54, 1.807) is 28.4 Å². The number of aromatic nitrogens is 3. The van der Waals surface area contributed by atoms with Crippen LogP contribution in [0.15, 0.2) is 17.1 Å². The number of alkyl carbamates (subject to hydrolysis) is 1. The lowest BCUT2D eigenvalue weighted by atomic mass is 9.86. The zero-order valence-electron chi connectivity index (χ0n) is 14.2. The lowest BCUT2D eigenvalue weighted by Crippen LogP contribution is -2.48. The number of amides is 1. The Balaban J connectivity index is 1.74. The summed E-state index contributed by atoms with van der Waals surface area (Å²) in [6.07, 6.45) is 2.53. The molecule has 1 aliphatic rings. The van der Waals surface area contributed by atoms with Crippen LogP contribution in [-0.4, -0.2) is 31.9 Å². The summed E-state index contributed by atoms with van der Waals surface area (Å²) in [4.78, 5) is 28.3. The van der Waals surface area contributed by atoms with Crippen molar-refractivity contribution < 1.29 is 9.53 Å². The number of carbonyl (C=O) groups is 1. The van der Waals surface area contributed by atoms with Crippen molar-refractivity contribution in [3.05, 3.63) is 27.9 Å². The number of pyridine rings is 1. The molecule has 0 spiro atoms. The Bertz CT molecular complexity index is 843. The van der Waals surface area contributed by atoms with Gasteiger partial charge in [-0.15, -0.1) is 0 Å². The number of hydrogen-bond acceptors (Lipinski definition) is 4. The molecular weight excluding hydrogens is 332 g/mol. The molecule has 0 saturated heterocycles. The summed E-state index contributed by atoms with van der Waals surface area (Å²) in [5.74, 6) is 0. The van der Waals surface area contributed by atoms with Gasteiger partial charge in [-0.05, 0) is 33.6 Å². The van der Waals surface area contributed by atoms with E-state index >= 15 is 0 Å². The third kappa shape index (κ3) is 3.13. The highest BCUT2D eigenvalue weighted by Gasteiger charge is 2.35. The normalized spacial score (nSPS) is 20.7. The van der Waals surface area contributed by atoms with Crippen molar-refractivity contribution in [3.63, 3.8) is 0 Å². The maximum atomic E-state index is 12.5. The monoisotopic (exact) mass is 352 g/mol. The zero-order valence-corrected chi connectivity index (χ0v) is 14.9. The predicted molar refractivity (Wildman–Crippen MR) is 91.4 cm³/mol. The van der Waals surface area contributed by atoms with Gasteiger partial charge in [0.25, 0.3) is 0 Å². The number of nitrogens with one attached hydrogen (secondary N) is 1. The van der Waals surface area contributed by atoms with Gasteiger partial charge in [0.05, 0.1) is 17.2 Å². The second-order valence-electron chi connectivity index (χ2n) is 7.18. The summed E-state index contributed by atoms with van der Waals surface area (Å²) < 4.78 is 8.55. The molecule has 0 radical (unpaired) electrons. The van der Waals surface area contributed by atoms with Gasteiger partial charge in [-0.2, -0.15) is 0 Å². The summed E-state index contributed by atoms with van der Waals surface area (Å²) in [5.41, 5.74) is 0.884. The van der Waals surface area contributed by atoms with Crippen molar-refractivity contribution in [3.8, 4) is 0 Å². The minimum atomic E-state index is -0.524. The second kappa shape index (κ2) is 5.81. The molecule has 130 valence electrons.